The highest BCUT2D eigenvalue weighted by Gasteiger charge is 2.08. The van der Waals surface area contributed by atoms with Crippen LogP contribution in [0.25, 0.3) is 11.4 Å². The first-order valence-corrected chi connectivity index (χ1v) is 7.97. The summed E-state index contributed by atoms with van der Waals surface area (Å²) in [5.74, 6) is 0.570. The standard InChI is InChI=1S/C18H20N6O/c1-12-7-8-16(13(2)9-12)20-17(25)11-19-15-6-4-5-14(10-15)18-21-22-23-24(18)3/h4-10,19H,11H2,1-3H3,(H,20,25). The zero-order valence-corrected chi connectivity index (χ0v) is 14.4. The Balaban J connectivity index is 1.63. The van der Waals surface area contributed by atoms with Gasteiger partial charge in [0.05, 0.1) is 6.54 Å². The van der Waals surface area contributed by atoms with Gasteiger partial charge in [-0.3, -0.25) is 4.79 Å². The Kier molecular flexibility index (Phi) is 4.74. The van der Waals surface area contributed by atoms with Crippen molar-refractivity contribution < 1.29 is 4.79 Å². The number of hydrogen-bond donors (Lipinski definition) is 2. The number of aryl methyl sites for hydroxylation is 3. The van der Waals surface area contributed by atoms with E-state index >= 15 is 0 Å². The number of anilines is 2. The Hall–Kier alpha value is -3.22. The minimum Gasteiger partial charge on any atom is -0.376 e. The third-order valence-corrected chi connectivity index (χ3v) is 3.85. The summed E-state index contributed by atoms with van der Waals surface area (Å²) < 4.78 is 1.60. The van der Waals surface area contributed by atoms with Crippen LogP contribution in [0.1, 0.15) is 11.1 Å². The highest BCUT2D eigenvalue weighted by atomic mass is 16.1. The van der Waals surface area contributed by atoms with Crippen LogP contribution >= 0.6 is 0 Å². The second-order valence-corrected chi connectivity index (χ2v) is 5.93. The molecule has 7 heteroatoms. The van der Waals surface area contributed by atoms with E-state index in [1.165, 1.54) is 5.56 Å². The number of aromatic nitrogens is 4. The Morgan fingerprint density at radius 2 is 2.00 bits per heavy atom. The van der Waals surface area contributed by atoms with Crippen LogP contribution in [0.3, 0.4) is 0 Å². The fourth-order valence-corrected chi connectivity index (χ4v) is 2.57. The number of nitrogens with one attached hydrogen (secondary N) is 2. The van der Waals surface area contributed by atoms with Gasteiger partial charge in [0.25, 0.3) is 0 Å². The molecule has 0 atom stereocenters. The van der Waals surface area contributed by atoms with E-state index < -0.39 is 0 Å². The number of benzene rings is 2. The topological polar surface area (TPSA) is 84.7 Å². The normalized spacial score (nSPS) is 10.5. The number of nitrogens with zero attached hydrogens (tertiary/aromatic N) is 4. The maximum absolute atomic E-state index is 12.2. The van der Waals surface area contributed by atoms with Crippen LogP contribution in [0.5, 0.6) is 0 Å². The average Bonchev–Trinajstić information content (AvgIpc) is 3.02. The average molecular weight is 336 g/mol. The van der Waals surface area contributed by atoms with Gasteiger partial charge >= 0.3 is 0 Å². The van der Waals surface area contributed by atoms with Gasteiger partial charge in [-0.05, 0) is 48.0 Å². The van der Waals surface area contributed by atoms with Crippen LogP contribution in [0.15, 0.2) is 42.5 Å². The molecule has 3 aromatic rings. The fourth-order valence-electron chi connectivity index (χ4n) is 2.57. The van der Waals surface area contributed by atoms with Crippen LogP contribution in [0.4, 0.5) is 11.4 Å². The monoisotopic (exact) mass is 336 g/mol. The Morgan fingerprint density at radius 1 is 1.16 bits per heavy atom. The molecule has 1 aromatic heterocycles. The smallest absolute Gasteiger partial charge is 0.243 e. The van der Waals surface area contributed by atoms with Crippen molar-refractivity contribution in [2.24, 2.45) is 7.05 Å². The summed E-state index contributed by atoms with van der Waals surface area (Å²) in [4.78, 5) is 12.2. The third-order valence-electron chi connectivity index (χ3n) is 3.85. The molecule has 0 spiro atoms. The van der Waals surface area contributed by atoms with Crippen molar-refractivity contribution >= 4 is 17.3 Å². The van der Waals surface area contributed by atoms with Gasteiger partial charge in [0.1, 0.15) is 0 Å². The molecule has 0 aliphatic heterocycles. The largest absolute Gasteiger partial charge is 0.376 e. The second-order valence-electron chi connectivity index (χ2n) is 5.93. The fraction of sp³-hybridized carbons (Fsp3) is 0.222. The van der Waals surface area contributed by atoms with Crippen LogP contribution in [0.2, 0.25) is 0 Å². The number of rotatable bonds is 5. The van der Waals surface area contributed by atoms with Gasteiger partial charge < -0.3 is 10.6 Å². The van der Waals surface area contributed by atoms with Crippen LogP contribution in [-0.2, 0) is 11.8 Å². The zero-order valence-electron chi connectivity index (χ0n) is 14.4. The summed E-state index contributed by atoms with van der Waals surface area (Å²) in [6.07, 6.45) is 0. The van der Waals surface area contributed by atoms with Crippen LogP contribution < -0.4 is 10.6 Å². The first-order valence-electron chi connectivity index (χ1n) is 7.97. The van der Waals surface area contributed by atoms with Gasteiger partial charge in [-0.15, -0.1) is 5.10 Å². The van der Waals surface area contributed by atoms with Crippen molar-refractivity contribution in [2.45, 2.75) is 13.8 Å². The van der Waals surface area contributed by atoms with Crippen molar-refractivity contribution in [2.75, 3.05) is 17.2 Å². The molecule has 2 N–H and O–H groups in total. The molecule has 128 valence electrons. The summed E-state index contributed by atoms with van der Waals surface area (Å²) >= 11 is 0. The molecule has 0 radical (unpaired) electrons. The molecule has 0 unspecified atom stereocenters. The van der Waals surface area contributed by atoms with Crippen LogP contribution in [0, 0.1) is 13.8 Å². The highest BCUT2D eigenvalue weighted by molar-refractivity contribution is 5.94. The van der Waals surface area contributed by atoms with Crippen molar-refractivity contribution in [1.29, 1.82) is 0 Å². The van der Waals surface area contributed by atoms with Crippen molar-refractivity contribution in [3.8, 4) is 11.4 Å². The predicted octanol–water partition coefficient (Wildman–Crippen LogP) is 2.54. The van der Waals surface area contributed by atoms with E-state index in [4.69, 9.17) is 0 Å². The maximum Gasteiger partial charge on any atom is 0.243 e. The van der Waals surface area contributed by atoms with E-state index in [2.05, 4.69) is 26.2 Å². The summed E-state index contributed by atoms with van der Waals surface area (Å²) in [5, 5.41) is 17.5. The lowest BCUT2D eigenvalue weighted by atomic mass is 10.1. The van der Waals surface area contributed by atoms with Crippen LogP contribution in [-0.4, -0.2) is 32.7 Å². The SMILES string of the molecule is Cc1ccc(NC(=O)CNc2cccc(-c3nnnn3C)c2)c(C)c1. The number of amides is 1. The molecule has 0 aliphatic carbocycles. The first kappa shape index (κ1) is 16.6. The predicted molar refractivity (Wildman–Crippen MR) is 97.3 cm³/mol. The first-order chi connectivity index (χ1) is 12.0. The van der Waals surface area contributed by atoms with E-state index in [0.29, 0.717) is 5.82 Å². The number of carbonyl (C=O) groups excluding carboxylic acids is 1. The number of carbonyl (C=O) groups is 1. The zero-order chi connectivity index (χ0) is 17.8. The van der Waals surface area contributed by atoms with E-state index in [9.17, 15) is 4.79 Å². The minimum absolute atomic E-state index is 0.0994. The molecule has 1 heterocycles. The highest BCUT2D eigenvalue weighted by Crippen LogP contribution is 2.20. The van der Waals surface area contributed by atoms with Gasteiger partial charge in [0.2, 0.25) is 5.91 Å². The van der Waals surface area contributed by atoms with E-state index in [-0.39, 0.29) is 12.5 Å². The Bertz CT molecular complexity index is 902. The second kappa shape index (κ2) is 7.12. The number of hydrogen-bond acceptors (Lipinski definition) is 5. The summed E-state index contributed by atoms with van der Waals surface area (Å²) in [7, 11) is 1.78. The molecule has 0 fully saturated rings. The minimum atomic E-state index is -0.0994. The molecule has 7 nitrogen and oxygen atoms in total. The molecule has 3 rings (SSSR count). The molecule has 25 heavy (non-hydrogen) atoms. The lowest BCUT2D eigenvalue weighted by Crippen LogP contribution is -2.22. The third kappa shape index (κ3) is 4.00. The summed E-state index contributed by atoms with van der Waals surface area (Å²) in [6.45, 7) is 4.18. The van der Waals surface area contributed by atoms with Crippen molar-refractivity contribution in [1.82, 2.24) is 20.2 Å². The Labute approximate surface area is 146 Å². The molecular weight excluding hydrogens is 316 g/mol. The molecular formula is C18H20N6O. The van der Waals surface area contributed by atoms with E-state index in [1.807, 2.05) is 56.3 Å². The molecule has 0 bridgehead atoms. The summed E-state index contributed by atoms with van der Waals surface area (Å²) in [5.41, 5.74) is 4.76. The molecule has 0 saturated heterocycles. The quantitative estimate of drug-likeness (QED) is 0.748. The van der Waals surface area contributed by atoms with Gasteiger partial charge in [-0.1, -0.05) is 29.8 Å². The van der Waals surface area contributed by atoms with E-state index in [1.54, 1.807) is 11.7 Å². The molecule has 0 saturated carbocycles. The van der Waals surface area contributed by atoms with Gasteiger partial charge in [-0.2, -0.15) is 0 Å². The Morgan fingerprint density at radius 3 is 2.72 bits per heavy atom. The van der Waals surface area contributed by atoms with Gasteiger partial charge in [0.15, 0.2) is 5.82 Å². The van der Waals surface area contributed by atoms with Gasteiger partial charge in [0, 0.05) is 24.0 Å². The van der Waals surface area contributed by atoms with Crippen molar-refractivity contribution in [3.63, 3.8) is 0 Å². The van der Waals surface area contributed by atoms with Crippen molar-refractivity contribution in [3.05, 3.63) is 53.6 Å². The molecule has 1 amide bonds. The summed E-state index contributed by atoms with van der Waals surface area (Å²) in [6, 6.07) is 13.6. The lowest BCUT2D eigenvalue weighted by molar-refractivity contribution is -0.114. The molecule has 2 aromatic carbocycles. The van der Waals surface area contributed by atoms with E-state index in [0.717, 1.165) is 22.5 Å². The molecule has 0 aliphatic rings. The maximum atomic E-state index is 12.2. The van der Waals surface area contributed by atoms with Gasteiger partial charge in [-0.25, -0.2) is 4.68 Å². The lowest BCUT2D eigenvalue weighted by Gasteiger charge is -2.11. The number of tetrazole rings is 1.